The molecule has 66 valence electrons. The van der Waals surface area contributed by atoms with Crippen molar-refractivity contribution in [3.8, 4) is 0 Å². The topological polar surface area (TPSA) is 26.3 Å². The van der Waals surface area contributed by atoms with Gasteiger partial charge in [0.25, 0.3) is 0 Å². The van der Waals surface area contributed by atoms with Gasteiger partial charge in [-0.2, -0.15) is 0 Å². The van der Waals surface area contributed by atoms with Crippen molar-refractivity contribution in [1.82, 2.24) is 0 Å². The van der Waals surface area contributed by atoms with Crippen molar-refractivity contribution in [1.29, 1.82) is 0 Å². The fourth-order valence-corrected chi connectivity index (χ4v) is 1.22. The van der Waals surface area contributed by atoms with Crippen LogP contribution in [0.5, 0.6) is 0 Å². The molecule has 0 atom stereocenters. The average molecular weight is 194 g/mol. The predicted molar refractivity (Wildman–Crippen MR) is 51.9 cm³/mol. The first kappa shape index (κ1) is 11.2. The van der Waals surface area contributed by atoms with Gasteiger partial charge in [0.15, 0.2) is 0 Å². The van der Waals surface area contributed by atoms with Gasteiger partial charge in [0.05, 0.1) is 6.61 Å². The van der Waals surface area contributed by atoms with Crippen molar-refractivity contribution in [2.75, 3.05) is 12.4 Å². The summed E-state index contributed by atoms with van der Waals surface area (Å²) in [6.45, 7) is 2.50. The van der Waals surface area contributed by atoms with E-state index < -0.39 is 0 Å². The van der Waals surface area contributed by atoms with Crippen molar-refractivity contribution < 1.29 is 9.53 Å². The first-order chi connectivity index (χ1) is 5.31. The van der Waals surface area contributed by atoms with Crippen LogP contribution < -0.4 is 0 Å². The van der Waals surface area contributed by atoms with Crippen LogP contribution in [0.15, 0.2) is 0 Å². The molecule has 0 aromatic carbocycles. The van der Waals surface area contributed by atoms with Crippen LogP contribution >= 0.6 is 22.5 Å². The van der Waals surface area contributed by atoms with Crippen molar-refractivity contribution in [3.05, 3.63) is 0 Å². The lowest BCUT2D eigenvalue weighted by Gasteiger charge is -2.01. The number of thiol groups is 1. The van der Waals surface area contributed by atoms with Gasteiger partial charge in [0.1, 0.15) is 0 Å². The lowest BCUT2D eigenvalue weighted by molar-refractivity contribution is -0.143. The second-order valence-electron chi connectivity index (χ2n) is 2.16. The molecule has 11 heavy (non-hydrogen) atoms. The summed E-state index contributed by atoms with van der Waals surface area (Å²) in [7, 11) is 1.47. The maximum atomic E-state index is 10.8. The van der Waals surface area contributed by atoms with Crippen LogP contribution in [0.4, 0.5) is 0 Å². The first-order valence-electron chi connectivity index (χ1n) is 3.73. The van der Waals surface area contributed by atoms with Crippen LogP contribution in [-0.2, 0) is 9.53 Å². The summed E-state index contributed by atoms with van der Waals surface area (Å²) in [5.41, 5.74) is 0. The highest BCUT2D eigenvalue weighted by atomic mass is 33.1. The van der Waals surface area contributed by atoms with E-state index in [1.165, 1.54) is 10.8 Å². The van der Waals surface area contributed by atoms with Gasteiger partial charge >= 0.3 is 5.97 Å². The largest absolute Gasteiger partial charge is 0.466 e. The van der Waals surface area contributed by atoms with Gasteiger partial charge in [0.2, 0.25) is 0 Å². The van der Waals surface area contributed by atoms with Crippen LogP contribution in [-0.4, -0.2) is 18.3 Å². The second-order valence-corrected chi connectivity index (χ2v) is 3.60. The quantitative estimate of drug-likeness (QED) is 0.304. The molecule has 0 aliphatic carbocycles. The molecule has 0 saturated carbocycles. The van der Waals surface area contributed by atoms with Crippen LogP contribution in [0.2, 0.25) is 0 Å². The number of carbonyl (C=O) groups is 1. The zero-order chi connectivity index (χ0) is 8.53. The third kappa shape index (κ3) is 8.07. The van der Waals surface area contributed by atoms with E-state index in [-0.39, 0.29) is 5.97 Å². The Morgan fingerprint density at radius 3 is 2.91 bits per heavy atom. The van der Waals surface area contributed by atoms with E-state index in [2.05, 4.69) is 11.7 Å². The second kappa shape index (κ2) is 8.27. The Balaban J connectivity index is 3.04. The number of rotatable bonds is 6. The Labute approximate surface area is 76.9 Å². The summed E-state index contributed by atoms with van der Waals surface area (Å²) >= 11 is 3.96. The Bertz CT molecular complexity index is 107. The Morgan fingerprint density at radius 2 is 2.36 bits per heavy atom. The lowest BCUT2D eigenvalue weighted by Crippen LogP contribution is -2.05. The molecule has 0 unspecified atom stereocenters. The highest BCUT2D eigenvalue weighted by molar-refractivity contribution is 8.68. The van der Waals surface area contributed by atoms with Crippen LogP contribution in [0.1, 0.15) is 26.2 Å². The minimum Gasteiger partial charge on any atom is -0.466 e. The van der Waals surface area contributed by atoms with E-state index >= 15 is 0 Å². The highest BCUT2D eigenvalue weighted by Crippen LogP contribution is 2.06. The maximum absolute atomic E-state index is 10.8. The smallest absolute Gasteiger partial charge is 0.305 e. The third-order valence-corrected chi connectivity index (χ3v) is 2.12. The summed E-state index contributed by atoms with van der Waals surface area (Å²) in [4.78, 5) is 10.8. The number of hydrogen-bond acceptors (Lipinski definition) is 4. The molecule has 0 aromatic rings. The summed E-state index contributed by atoms with van der Waals surface area (Å²) in [5, 5.41) is 0. The Kier molecular flexibility index (Phi) is 8.40. The van der Waals surface area contributed by atoms with Gasteiger partial charge < -0.3 is 4.74 Å². The molecule has 4 heteroatoms. The number of carbonyl (C=O) groups excluding carboxylic acids is 1. The molecular formula is C7H14O2S2. The van der Waals surface area contributed by atoms with Crippen LogP contribution in [0, 0.1) is 0 Å². The van der Waals surface area contributed by atoms with Crippen molar-refractivity contribution >= 4 is 28.4 Å². The zero-order valence-electron chi connectivity index (χ0n) is 6.71. The molecule has 0 saturated heterocycles. The third-order valence-electron chi connectivity index (χ3n) is 1.10. The minimum absolute atomic E-state index is 0.0864. The number of esters is 1. The molecule has 0 spiro atoms. The molecule has 0 bridgehead atoms. The maximum Gasteiger partial charge on any atom is 0.305 e. The van der Waals surface area contributed by atoms with Gasteiger partial charge in [-0.25, -0.2) is 0 Å². The molecular weight excluding hydrogens is 180 g/mol. The van der Waals surface area contributed by atoms with Crippen LogP contribution in [0.25, 0.3) is 0 Å². The molecule has 0 aromatic heterocycles. The van der Waals surface area contributed by atoms with Gasteiger partial charge in [0, 0.05) is 12.2 Å². The number of ether oxygens (including phenoxy) is 1. The van der Waals surface area contributed by atoms with E-state index in [9.17, 15) is 4.79 Å². The molecule has 0 rings (SSSR count). The summed E-state index contributed by atoms with van der Waals surface area (Å²) in [5.74, 6) is 0.847. The fraction of sp³-hybridized carbons (Fsp3) is 0.857. The molecule has 0 amide bonds. The fourth-order valence-electron chi connectivity index (χ4n) is 0.586. The monoisotopic (exact) mass is 194 g/mol. The number of hydrogen-bond donors (Lipinski definition) is 1. The van der Waals surface area contributed by atoms with E-state index in [0.717, 1.165) is 18.6 Å². The van der Waals surface area contributed by atoms with Gasteiger partial charge in [-0.3, -0.25) is 4.79 Å². The van der Waals surface area contributed by atoms with E-state index in [1.807, 2.05) is 6.92 Å². The summed E-state index contributed by atoms with van der Waals surface area (Å²) < 4.78 is 4.90. The first-order valence-corrected chi connectivity index (χ1v) is 5.77. The SMILES string of the molecule is CCCC(=O)OCCCSS. The zero-order valence-corrected chi connectivity index (χ0v) is 8.42. The Morgan fingerprint density at radius 1 is 1.64 bits per heavy atom. The standard InChI is InChI=1S/C7H14O2S2/c1-2-4-7(8)9-5-3-6-11-10/h10H,2-6H2,1H3. The van der Waals surface area contributed by atoms with E-state index in [0.29, 0.717) is 13.0 Å². The molecule has 0 radical (unpaired) electrons. The minimum atomic E-state index is -0.0864. The summed E-state index contributed by atoms with van der Waals surface area (Å²) in [6.07, 6.45) is 2.29. The molecule has 0 N–H and O–H groups in total. The van der Waals surface area contributed by atoms with Gasteiger partial charge in [-0.05, 0) is 12.8 Å². The van der Waals surface area contributed by atoms with Gasteiger partial charge in [-0.15, -0.1) is 11.7 Å². The highest BCUT2D eigenvalue weighted by Gasteiger charge is 1.98. The van der Waals surface area contributed by atoms with Crippen molar-refractivity contribution in [3.63, 3.8) is 0 Å². The lowest BCUT2D eigenvalue weighted by atomic mass is 10.3. The molecule has 0 aliphatic rings. The molecule has 0 heterocycles. The van der Waals surface area contributed by atoms with E-state index in [1.54, 1.807) is 0 Å². The van der Waals surface area contributed by atoms with Gasteiger partial charge in [-0.1, -0.05) is 17.7 Å². The molecule has 0 fully saturated rings. The van der Waals surface area contributed by atoms with E-state index in [4.69, 9.17) is 4.74 Å². The summed E-state index contributed by atoms with van der Waals surface area (Å²) in [6, 6.07) is 0. The Hall–Kier alpha value is 0.170. The average Bonchev–Trinajstić information content (AvgIpc) is 1.99. The van der Waals surface area contributed by atoms with Crippen molar-refractivity contribution in [2.45, 2.75) is 26.2 Å². The predicted octanol–water partition coefficient (Wildman–Crippen LogP) is 2.30. The van der Waals surface area contributed by atoms with Crippen molar-refractivity contribution in [2.24, 2.45) is 0 Å². The molecule has 0 aliphatic heterocycles. The molecule has 2 nitrogen and oxygen atoms in total. The van der Waals surface area contributed by atoms with Crippen LogP contribution in [0.3, 0.4) is 0 Å². The normalized spacial score (nSPS) is 9.64.